The van der Waals surface area contributed by atoms with Crippen LogP contribution in [-0.2, 0) is 10.0 Å². The molecule has 0 radical (unpaired) electrons. The third kappa shape index (κ3) is 3.58. The molecular formula is C13H14Cl2N2O3S. The highest BCUT2D eigenvalue weighted by atomic mass is 35.5. The second-order valence-corrected chi connectivity index (χ2v) is 6.80. The van der Waals surface area contributed by atoms with E-state index in [-0.39, 0.29) is 9.92 Å². The van der Waals surface area contributed by atoms with Gasteiger partial charge in [0.2, 0.25) is 10.0 Å². The molecule has 0 saturated carbocycles. The van der Waals surface area contributed by atoms with Gasteiger partial charge in [0, 0.05) is 11.6 Å². The Morgan fingerprint density at radius 3 is 2.67 bits per heavy atom. The lowest BCUT2D eigenvalue weighted by molar-refractivity contribution is 0.310. The van der Waals surface area contributed by atoms with Crippen molar-refractivity contribution in [2.24, 2.45) is 5.14 Å². The first-order valence-electron chi connectivity index (χ1n) is 6.28. The molecule has 1 aromatic heterocycles. The van der Waals surface area contributed by atoms with E-state index >= 15 is 0 Å². The van der Waals surface area contributed by atoms with E-state index in [1.165, 1.54) is 0 Å². The predicted octanol–water partition coefficient (Wildman–Crippen LogP) is 3.37. The second-order valence-electron chi connectivity index (χ2n) is 4.48. The van der Waals surface area contributed by atoms with Crippen molar-refractivity contribution in [3.8, 4) is 5.75 Å². The number of sulfonamides is 1. The van der Waals surface area contributed by atoms with Crippen molar-refractivity contribution in [3.63, 3.8) is 0 Å². The molecule has 0 atom stereocenters. The Bertz CT molecular complexity index is 779. The lowest BCUT2D eigenvalue weighted by Crippen LogP contribution is -2.13. The molecule has 0 bridgehead atoms. The summed E-state index contributed by atoms with van der Waals surface area (Å²) in [5, 5.41) is 5.94. The molecule has 2 rings (SSSR count). The normalized spacial score (nSPS) is 11.8. The van der Waals surface area contributed by atoms with Crippen LogP contribution in [0.25, 0.3) is 10.9 Å². The standard InChI is InChI=1S/C13H14Cl2N2O3S/c1-2-3-4-20-11-5-8-10(6-9(11)14)17-7-12(13(8)15)21(16,18)19/h5-7H,2-4H2,1H3,(H2,16,18,19). The van der Waals surface area contributed by atoms with E-state index in [0.717, 1.165) is 19.0 Å². The van der Waals surface area contributed by atoms with E-state index in [2.05, 4.69) is 4.98 Å². The molecule has 1 aromatic carbocycles. The predicted molar refractivity (Wildman–Crippen MR) is 83.5 cm³/mol. The molecule has 21 heavy (non-hydrogen) atoms. The van der Waals surface area contributed by atoms with Crippen LogP contribution < -0.4 is 9.88 Å². The van der Waals surface area contributed by atoms with Crippen molar-refractivity contribution in [3.05, 3.63) is 28.4 Å². The van der Waals surface area contributed by atoms with E-state index in [4.69, 9.17) is 33.1 Å². The van der Waals surface area contributed by atoms with Gasteiger partial charge in [-0.05, 0) is 18.6 Å². The van der Waals surface area contributed by atoms with Crippen molar-refractivity contribution >= 4 is 44.1 Å². The molecule has 0 spiro atoms. The highest BCUT2D eigenvalue weighted by molar-refractivity contribution is 7.89. The van der Waals surface area contributed by atoms with Crippen LogP contribution >= 0.6 is 23.2 Å². The number of fused-ring (bicyclic) bond motifs is 1. The fourth-order valence-electron chi connectivity index (χ4n) is 1.78. The zero-order valence-corrected chi connectivity index (χ0v) is 13.6. The van der Waals surface area contributed by atoms with Crippen LogP contribution in [0.3, 0.4) is 0 Å². The molecule has 0 aliphatic carbocycles. The molecule has 5 nitrogen and oxygen atoms in total. The second kappa shape index (κ2) is 6.36. The van der Waals surface area contributed by atoms with Gasteiger partial charge < -0.3 is 4.74 Å². The summed E-state index contributed by atoms with van der Waals surface area (Å²) in [6, 6.07) is 3.16. The van der Waals surface area contributed by atoms with Crippen molar-refractivity contribution in [1.82, 2.24) is 4.98 Å². The largest absolute Gasteiger partial charge is 0.492 e. The molecule has 0 amide bonds. The summed E-state index contributed by atoms with van der Waals surface area (Å²) in [6.07, 6.45) is 2.99. The topological polar surface area (TPSA) is 82.3 Å². The molecule has 0 saturated heterocycles. The summed E-state index contributed by atoms with van der Waals surface area (Å²) in [4.78, 5) is 3.80. The molecule has 0 fully saturated rings. The fourth-order valence-corrected chi connectivity index (χ4v) is 3.07. The number of halogens is 2. The zero-order valence-electron chi connectivity index (χ0n) is 11.3. The zero-order chi connectivity index (χ0) is 15.6. The summed E-state index contributed by atoms with van der Waals surface area (Å²) >= 11 is 12.2. The molecular weight excluding hydrogens is 335 g/mol. The van der Waals surface area contributed by atoms with E-state index in [1.807, 2.05) is 6.92 Å². The van der Waals surface area contributed by atoms with Crippen LogP contribution in [0.1, 0.15) is 19.8 Å². The quantitative estimate of drug-likeness (QED) is 0.839. The van der Waals surface area contributed by atoms with Gasteiger partial charge in [-0.1, -0.05) is 36.5 Å². The van der Waals surface area contributed by atoms with E-state index in [9.17, 15) is 8.42 Å². The van der Waals surface area contributed by atoms with E-state index in [0.29, 0.717) is 28.3 Å². The van der Waals surface area contributed by atoms with Gasteiger partial charge in [-0.3, -0.25) is 4.98 Å². The Balaban J connectivity index is 2.55. The SMILES string of the molecule is CCCCOc1cc2c(Cl)c(S(N)(=O)=O)cnc2cc1Cl. The monoisotopic (exact) mass is 348 g/mol. The van der Waals surface area contributed by atoms with Gasteiger partial charge in [0.25, 0.3) is 0 Å². The average molecular weight is 349 g/mol. The van der Waals surface area contributed by atoms with Crippen LogP contribution in [0.15, 0.2) is 23.2 Å². The molecule has 114 valence electrons. The molecule has 0 aliphatic rings. The Hall–Kier alpha value is -1.08. The van der Waals surface area contributed by atoms with Gasteiger partial charge in [-0.15, -0.1) is 0 Å². The van der Waals surface area contributed by atoms with Crippen molar-refractivity contribution in [1.29, 1.82) is 0 Å². The molecule has 0 aliphatic heterocycles. The highest BCUT2D eigenvalue weighted by Crippen LogP contribution is 2.35. The number of hydrogen-bond donors (Lipinski definition) is 1. The van der Waals surface area contributed by atoms with Crippen molar-refractivity contribution in [2.75, 3.05) is 6.61 Å². The van der Waals surface area contributed by atoms with Gasteiger partial charge in [-0.25, -0.2) is 13.6 Å². The van der Waals surface area contributed by atoms with Gasteiger partial charge in [0.15, 0.2) is 0 Å². The highest BCUT2D eigenvalue weighted by Gasteiger charge is 2.17. The summed E-state index contributed by atoms with van der Waals surface area (Å²) in [5.41, 5.74) is 0.472. The molecule has 8 heteroatoms. The minimum absolute atomic E-state index is 0.0134. The number of unbranched alkanes of at least 4 members (excludes halogenated alkanes) is 1. The Morgan fingerprint density at radius 1 is 1.33 bits per heavy atom. The number of ether oxygens (including phenoxy) is 1. The first-order chi connectivity index (χ1) is 9.84. The van der Waals surface area contributed by atoms with Gasteiger partial charge in [0.1, 0.15) is 10.6 Å². The summed E-state index contributed by atoms with van der Waals surface area (Å²) in [6.45, 7) is 2.56. The molecule has 2 N–H and O–H groups in total. The maximum absolute atomic E-state index is 11.5. The molecule has 0 unspecified atom stereocenters. The van der Waals surface area contributed by atoms with Crippen LogP contribution in [-0.4, -0.2) is 20.0 Å². The first-order valence-corrected chi connectivity index (χ1v) is 8.58. The number of nitrogens with two attached hydrogens (primary N) is 1. The Kier molecular flexibility index (Phi) is 4.93. The first kappa shape index (κ1) is 16.3. The van der Waals surface area contributed by atoms with Gasteiger partial charge in [-0.2, -0.15) is 0 Å². The Labute approximate surface area is 133 Å². The van der Waals surface area contributed by atoms with Gasteiger partial charge in [0.05, 0.1) is 22.2 Å². The van der Waals surface area contributed by atoms with Crippen LogP contribution in [0.4, 0.5) is 0 Å². The van der Waals surface area contributed by atoms with Crippen molar-refractivity contribution in [2.45, 2.75) is 24.7 Å². The maximum atomic E-state index is 11.5. The smallest absolute Gasteiger partial charge is 0.241 e. The Morgan fingerprint density at radius 2 is 2.05 bits per heavy atom. The van der Waals surface area contributed by atoms with E-state index in [1.54, 1.807) is 12.1 Å². The lowest BCUT2D eigenvalue weighted by atomic mass is 10.2. The van der Waals surface area contributed by atoms with Crippen LogP contribution in [0.2, 0.25) is 10.0 Å². The number of hydrogen-bond acceptors (Lipinski definition) is 4. The number of rotatable bonds is 5. The fraction of sp³-hybridized carbons (Fsp3) is 0.308. The molecule has 2 aromatic rings. The third-order valence-electron chi connectivity index (χ3n) is 2.89. The molecule has 1 heterocycles. The lowest BCUT2D eigenvalue weighted by Gasteiger charge is -2.10. The minimum atomic E-state index is -3.94. The van der Waals surface area contributed by atoms with Crippen LogP contribution in [0.5, 0.6) is 5.75 Å². The summed E-state index contributed by atoms with van der Waals surface area (Å²) < 4.78 is 28.5. The number of pyridine rings is 1. The third-order valence-corrected chi connectivity index (χ3v) is 4.62. The maximum Gasteiger partial charge on any atom is 0.241 e. The number of nitrogens with zero attached hydrogens (tertiary/aromatic N) is 1. The minimum Gasteiger partial charge on any atom is -0.492 e. The summed E-state index contributed by atoms with van der Waals surface area (Å²) in [7, 11) is -3.94. The van der Waals surface area contributed by atoms with Crippen LogP contribution in [0, 0.1) is 0 Å². The summed E-state index contributed by atoms with van der Waals surface area (Å²) in [5.74, 6) is 0.438. The number of primary sulfonamides is 1. The van der Waals surface area contributed by atoms with E-state index < -0.39 is 10.0 Å². The number of aromatic nitrogens is 1. The van der Waals surface area contributed by atoms with Crippen molar-refractivity contribution < 1.29 is 13.2 Å². The average Bonchev–Trinajstić information content (AvgIpc) is 2.39. The van der Waals surface area contributed by atoms with Gasteiger partial charge >= 0.3 is 0 Å². The number of benzene rings is 1.